The predicted octanol–water partition coefficient (Wildman–Crippen LogP) is 4.86. The zero-order chi connectivity index (χ0) is 16.2. The Kier molecular flexibility index (Phi) is 4.77. The van der Waals surface area contributed by atoms with Crippen LogP contribution in [-0.4, -0.2) is 6.54 Å². The van der Waals surface area contributed by atoms with E-state index in [2.05, 4.69) is 29.3 Å². The van der Waals surface area contributed by atoms with E-state index in [0.717, 1.165) is 23.7 Å². The van der Waals surface area contributed by atoms with Gasteiger partial charge in [0.25, 0.3) is 0 Å². The highest BCUT2D eigenvalue weighted by Gasteiger charge is 2.23. The maximum atomic E-state index is 14.0. The number of hydrogen-bond acceptors (Lipinski definition) is 2. The highest BCUT2D eigenvalue weighted by molar-refractivity contribution is 5.52. The lowest BCUT2D eigenvalue weighted by atomic mass is 9.97. The standard InChI is InChI=1S/C20H23FN2/c1-14(2)23-19-12-17(10-11-18(19)21)20(22-13-15-8-9-15)16-6-4-3-5-7-16/h3-7,10-12,15,20,22-23H,1,8-9,13H2,2H3. The summed E-state index contributed by atoms with van der Waals surface area (Å²) in [5.74, 6) is 0.528. The Labute approximate surface area is 137 Å². The Morgan fingerprint density at radius 2 is 1.91 bits per heavy atom. The fourth-order valence-corrected chi connectivity index (χ4v) is 2.73. The summed E-state index contributed by atoms with van der Waals surface area (Å²) >= 11 is 0. The summed E-state index contributed by atoms with van der Waals surface area (Å²) in [6, 6.07) is 15.6. The highest BCUT2D eigenvalue weighted by atomic mass is 19.1. The topological polar surface area (TPSA) is 24.1 Å². The first-order chi connectivity index (χ1) is 11.1. The number of benzene rings is 2. The Morgan fingerprint density at radius 3 is 2.57 bits per heavy atom. The molecule has 2 nitrogen and oxygen atoms in total. The number of hydrogen-bond donors (Lipinski definition) is 2. The van der Waals surface area contributed by atoms with Crippen molar-refractivity contribution >= 4 is 5.69 Å². The normalized spacial score (nSPS) is 15.2. The molecule has 3 rings (SSSR count). The van der Waals surface area contributed by atoms with Gasteiger partial charge in [-0.05, 0) is 55.5 Å². The van der Waals surface area contributed by atoms with Gasteiger partial charge in [-0.25, -0.2) is 4.39 Å². The number of allylic oxidation sites excluding steroid dienone is 1. The molecule has 0 radical (unpaired) electrons. The third kappa shape index (κ3) is 4.20. The molecule has 2 aromatic rings. The van der Waals surface area contributed by atoms with Crippen LogP contribution in [0.25, 0.3) is 0 Å². The van der Waals surface area contributed by atoms with Gasteiger partial charge in [0.05, 0.1) is 11.7 Å². The van der Waals surface area contributed by atoms with E-state index in [4.69, 9.17) is 0 Å². The van der Waals surface area contributed by atoms with E-state index in [-0.39, 0.29) is 11.9 Å². The second kappa shape index (κ2) is 6.97. The molecule has 0 aromatic heterocycles. The van der Waals surface area contributed by atoms with Crippen molar-refractivity contribution in [3.8, 4) is 0 Å². The summed E-state index contributed by atoms with van der Waals surface area (Å²) in [5, 5.41) is 6.64. The van der Waals surface area contributed by atoms with Crippen LogP contribution in [0.1, 0.15) is 36.9 Å². The molecule has 3 heteroatoms. The number of rotatable bonds is 7. The molecule has 0 heterocycles. The molecule has 2 N–H and O–H groups in total. The van der Waals surface area contributed by atoms with Gasteiger partial charge in [-0.3, -0.25) is 0 Å². The van der Waals surface area contributed by atoms with Crippen molar-refractivity contribution < 1.29 is 4.39 Å². The first-order valence-electron chi connectivity index (χ1n) is 8.14. The predicted molar refractivity (Wildman–Crippen MR) is 93.8 cm³/mol. The fraction of sp³-hybridized carbons (Fsp3) is 0.300. The van der Waals surface area contributed by atoms with E-state index in [1.165, 1.54) is 24.5 Å². The van der Waals surface area contributed by atoms with Gasteiger partial charge in [-0.15, -0.1) is 0 Å². The Bertz CT molecular complexity index is 677. The van der Waals surface area contributed by atoms with Gasteiger partial charge in [0.2, 0.25) is 0 Å². The third-order valence-corrected chi connectivity index (χ3v) is 4.11. The van der Waals surface area contributed by atoms with E-state index < -0.39 is 0 Å². The maximum Gasteiger partial charge on any atom is 0.146 e. The van der Waals surface area contributed by atoms with Crippen molar-refractivity contribution in [3.63, 3.8) is 0 Å². The molecule has 0 amide bonds. The van der Waals surface area contributed by atoms with Crippen LogP contribution in [0.5, 0.6) is 0 Å². The largest absolute Gasteiger partial charge is 0.357 e. The Morgan fingerprint density at radius 1 is 1.17 bits per heavy atom. The first-order valence-corrected chi connectivity index (χ1v) is 8.14. The molecular weight excluding hydrogens is 287 g/mol. The monoisotopic (exact) mass is 310 g/mol. The Balaban J connectivity index is 1.90. The minimum absolute atomic E-state index is 0.0723. The summed E-state index contributed by atoms with van der Waals surface area (Å²) in [6.07, 6.45) is 2.61. The lowest BCUT2D eigenvalue weighted by Gasteiger charge is -2.21. The smallest absolute Gasteiger partial charge is 0.146 e. The maximum absolute atomic E-state index is 14.0. The minimum Gasteiger partial charge on any atom is -0.357 e. The molecule has 1 atom stereocenters. The summed E-state index contributed by atoms with van der Waals surface area (Å²) in [6.45, 7) is 6.62. The van der Waals surface area contributed by atoms with E-state index in [0.29, 0.717) is 5.69 Å². The second-order valence-corrected chi connectivity index (χ2v) is 6.34. The van der Waals surface area contributed by atoms with E-state index >= 15 is 0 Å². The van der Waals surface area contributed by atoms with Crippen LogP contribution in [0.3, 0.4) is 0 Å². The molecule has 1 aliphatic carbocycles. The molecule has 1 saturated carbocycles. The lowest BCUT2D eigenvalue weighted by Crippen LogP contribution is -2.24. The van der Waals surface area contributed by atoms with Gasteiger partial charge in [-0.1, -0.05) is 43.0 Å². The second-order valence-electron chi connectivity index (χ2n) is 6.34. The minimum atomic E-state index is -0.259. The summed E-state index contributed by atoms with van der Waals surface area (Å²) in [4.78, 5) is 0. The SMILES string of the molecule is C=C(C)Nc1cc(C(NCC2CC2)c2ccccc2)ccc1F. The first kappa shape index (κ1) is 15.8. The molecule has 1 aliphatic rings. The molecule has 0 spiro atoms. The number of halogens is 1. The molecule has 0 bridgehead atoms. The average Bonchev–Trinajstić information content (AvgIpc) is 3.35. The van der Waals surface area contributed by atoms with Crippen LogP contribution in [0.2, 0.25) is 0 Å². The van der Waals surface area contributed by atoms with Gasteiger partial charge in [0, 0.05) is 5.70 Å². The number of anilines is 1. The zero-order valence-corrected chi connectivity index (χ0v) is 13.5. The molecule has 120 valence electrons. The molecule has 23 heavy (non-hydrogen) atoms. The van der Waals surface area contributed by atoms with E-state index in [1.807, 2.05) is 37.3 Å². The molecule has 0 saturated heterocycles. The molecular formula is C20H23FN2. The van der Waals surface area contributed by atoms with Crippen LogP contribution < -0.4 is 10.6 Å². The van der Waals surface area contributed by atoms with Crippen LogP contribution >= 0.6 is 0 Å². The van der Waals surface area contributed by atoms with Crippen LogP contribution in [0, 0.1) is 11.7 Å². The molecule has 2 aromatic carbocycles. The highest BCUT2D eigenvalue weighted by Crippen LogP contribution is 2.31. The molecule has 1 fully saturated rings. The van der Waals surface area contributed by atoms with Crippen molar-refractivity contribution in [1.82, 2.24) is 5.32 Å². The average molecular weight is 310 g/mol. The Hall–Kier alpha value is -2.13. The summed E-state index contributed by atoms with van der Waals surface area (Å²) < 4.78 is 14.0. The molecule has 1 unspecified atom stereocenters. The fourth-order valence-electron chi connectivity index (χ4n) is 2.73. The lowest BCUT2D eigenvalue weighted by molar-refractivity contribution is 0.571. The van der Waals surface area contributed by atoms with Crippen molar-refractivity contribution in [3.05, 3.63) is 77.8 Å². The van der Waals surface area contributed by atoms with Gasteiger partial charge in [0.15, 0.2) is 0 Å². The van der Waals surface area contributed by atoms with Crippen molar-refractivity contribution in [1.29, 1.82) is 0 Å². The summed E-state index contributed by atoms with van der Waals surface area (Å²) in [7, 11) is 0. The van der Waals surface area contributed by atoms with Crippen LogP contribution in [0.4, 0.5) is 10.1 Å². The van der Waals surface area contributed by atoms with Gasteiger partial charge in [-0.2, -0.15) is 0 Å². The van der Waals surface area contributed by atoms with Crippen molar-refractivity contribution in [2.45, 2.75) is 25.8 Å². The van der Waals surface area contributed by atoms with Crippen molar-refractivity contribution in [2.24, 2.45) is 5.92 Å². The third-order valence-electron chi connectivity index (χ3n) is 4.11. The van der Waals surface area contributed by atoms with Crippen molar-refractivity contribution in [2.75, 3.05) is 11.9 Å². The summed E-state index contributed by atoms with van der Waals surface area (Å²) in [5.41, 5.74) is 3.45. The van der Waals surface area contributed by atoms with Gasteiger partial charge in [0.1, 0.15) is 5.82 Å². The van der Waals surface area contributed by atoms with Gasteiger partial charge >= 0.3 is 0 Å². The van der Waals surface area contributed by atoms with Crippen LogP contribution in [-0.2, 0) is 0 Å². The van der Waals surface area contributed by atoms with Crippen LogP contribution in [0.15, 0.2) is 60.8 Å². The van der Waals surface area contributed by atoms with E-state index in [1.54, 1.807) is 0 Å². The zero-order valence-electron chi connectivity index (χ0n) is 13.5. The molecule has 0 aliphatic heterocycles. The van der Waals surface area contributed by atoms with Gasteiger partial charge < -0.3 is 10.6 Å². The number of nitrogens with one attached hydrogen (secondary N) is 2. The van der Waals surface area contributed by atoms with E-state index in [9.17, 15) is 4.39 Å². The quantitative estimate of drug-likeness (QED) is 0.763.